The highest BCUT2D eigenvalue weighted by atomic mass is 32.1. The van der Waals surface area contributed by atoms with Gasteiger partial charge in [0.05, 0.1) is 17.5 Å². The minimum Gasteiger partial charge on any atom is -0.369 e. The molecule has 1 aromatic carbocycles. The fourth-order valence-electron chi connectivity index (χ4n) is 3.39. The van der Waals surface area contributed by atoms with Gasteiger partial charge in [-0.3, -0.25) is 4.79 Å². The number of hydrogen-bond acceptors (Lipinski definition) is 6. The van der Waals surface area contributed by atoms with Gasteiger partial charge in [-0.2, -0.15) is 10.5 Å². The van der Waals surface area contributed by atoms with E-state index in [1.165, 1.54) is 0 Å². The summed E-state index contributed by atoms with van der Waals surface area (Å²) in [6, 6.07) is 14.0. The number of H-pyrrole nitrogens is 1. The van der Waals surface area contributed by atoms with Crippen molar-refractivity contribution in [3.63, 3.8) is 0 Å². The number of rotatable bonds is 4. The van der Waals surface area contributed by atoms with E-state index in [9.17, 15) is 15.3 Å². The van der Waals surface area contributed by atoms with Crippen LogP contribution in [0, 0.1) is 27.3 Å². The highest BCUT2D eigenvalue weighted by molar-refractivity contribution is 7.71. The maximum Gasteiger partial charge on any atom is 0.221 e. The van der Waals surface area contributed by atoms with Gasteiger partial charge in [0, 0.05) is 19.1 Å². The van der Waals surface area contributed by atoms with E-state index < -0.39 is 0 Å². The second-order valence-electron chi connectivity index (χ2n) is 7.06. The summed E-state index contributed by atoms with van der Waals surface area (Å²) in [6.45, 7) is 7.54. The van der Waals surface area contributed by atoms with E-state index >= 15 is 0 Å². The Hall–Kier alpha value is -3.20. The summed E-state index contributed by atoms with van der Waals surface area (Å²) >= 11 is 5.25. The van der Waals surface area contributed by atoms with Crippen LogP contribution in [-0.2, 0) is 17.6 Å². The zero-order chi connectivity index (χ0) is 24.1. The van der Waals surface area contributed by atoms with Crippen molar-refractivity contribution in [2.24, 2.45) is 11.5 Å². The molecular weight excluding hydrogens is 420 g/mol. The van der Waals surface area contributed by atoms with Gasteiger partial charge < -0.3 is 21.4 Å². The Labute approximate surface area is 195 Å². The third-order valence-corrected chi connectivity index (χ3v) is 5.26. The van der Waals surface area contributed by atoms with Crippen LogP contribution in [-0.4, -0.2) is 30.0 Å². The number of aromatic amines is 1. The highest BCUT2D eigenvalue weighted by Gasteiger charge is 2.22. The number of amides is 1. The molecule has 1 saturated heterocycles. The van der Waals surface area contributed by atoms with Crippen molar-refractivity contribution in [3.05, 3.63) is 57.2 Å². The number of nitrogens with zero attached hydrogens (tertiary/aromatic N) is 3. The lowest BCUT2D eigenvalue weighted by atomic mass is 10.0. The van der Waals surface area contributed by atoms with Gasteiger partial charge in [-0.05, 0) is 30.4 Å². The Morgan fingerprint density at radius 3 is 2.19 bits per heavy atom. The maximum absolute atomic E-state index is 10.4. The molecular formula is C24H32N6OS. The highest BCUT2D eigenvalue weighted by Crippen LogP contribution is 2.27. The summed E-state index contributed by atoms with van der Waals surface area (Å²) < 4.78 is 0.410. The summed E-state index contributed by atoms with van der Waals surface area (Å²) in [7, 11) is 0. The quantitative estimate of drug-likeness (QED) is 0.605. The summed E-state index contributed by atoms with van der Waals surface area (Å²) in [5.41, 5.74) is 13.6. The van der Waals surface area contributed by atoms with E-state index in [1.54, 1.807) is 0 Å². The number of primary amides is 1. The Kier molecular flexibility index (Phi) is 11.7. The fourth-order valence-corrected chi connectivity index (χ4v) is 3.65. The number of nitrogens with two attached hydrogens (primary N) is 2. The largest absolute Gasteiger partial charge is 0.369 e. The molecule has 170 valence electrons. The normalized spacial score (nSPS) is 12.9. The molecule has 8 heteroatoms. The average molecular weight is 453 g/mol. The maximum atomic E-state index is 10.4. The van der Waals surface area contributed by atoms with Crippen LogP contribution in [0.15, 0.2) is 30.3 Å². The van der Waals surface area contributed by atoms with Crippen molar-refractivity contribution in [3.8, 4) is 12.1 Å². The standard InChI is InChI=1S/C14H17N5S.C8H9NO.C2H6/c1-2-10-11(7-15)13(18-14(20)12(10)8-16)19-5-3-9(17)4-6-19;9-8(10)6-7-4-2-1-3-5-7;1-2/h9H,2-6,17H2,1H3,(H,18,20);1-5H,6H2,(H2,9,10);1-2H3. The van der Waals surface area contributed by atoms with Crippen LogP contribution in [0.4, 0.5) is 5.82 Å². The predicted molar refractivity (Wildman–Crippen MR) is 131 cm³/mol. The molecule has 3 rings (SSSR count). The van der Waals surface area contributed by atoms with E-state index in [2.05, 4.69) is 22.0 Å². The van der Waals surface area contributed by atoms with Crippen LogP contribution in [0.25, 0.3) is 0 Å². The number of carbonyl (C=O) groups excluding carboxylic acids is 1. The lowest BCUT2D eigenvalue weighted by molar-refractivity contribution is -0.117. The molecule has 0 bridgehead atoms. The van der Waals surface area contributed by atoms with E-state index in [1.807, 2.05) is 51.1 Å². The molecule has 32 heavy (non-hydrogen) atoms. The molecule has 1 fully saturated rings. The predicted octanol–water partition coefficient (Wildman–Crippen LogP) is 3.72. The Bertz CT molecular complexity index is 1010. The molecule has 0 atom stereocenters. The van der Waals surface area contributed by atoms with Crippen LogP contribution >= 0.6 is 12.2 Å². The number of benzene rings is 1. The van der Waals surface area contributed by atoms with Gasteiger partial charge in [0.25, 0.3) is 0 Å². The molecule has 1 aromatic heterocycles. The number of aromatic nitrogens is 1. The summed E-state index contributed by atoms with van der Waals surface area (Å²) in [5, 5.41) is 18.7. The van der Waals surface area contributed by atoms with Gasteiger partial charge in [0.2, 0.25) is 5.91 Å². The number of nitriles is 2. The fraction of sp³-hybridized carbons (Fsp3) is 0.417. The molecule has 1 aliphatic rings. The molecule has 0 spiro atoms. The summed E-state index contributed by atoms with van der Waals surface area (Å²) in [4.78, 5) is 15.6. The summed E-state index contributed by atoms with van der Waals surface area (Å²) in [5.74, 6) is 0.450. The number of nitrogens with one attached hydrogen (secondary N) is 1. The molecule has 2 aromatic rings. The zero-order valence-electron chi connectivity index (χ0n) is 19.0. The van der Waals surface area contributed by atoms with E-state index in [0.29, 0.717) is 28.6 Å². The van der Waals surface area contributed by atoms with Crippen molar-refractivity contribution in [1.29, 1.82) is 10.5 Å². The molecule has 1 aliphatic heterocycles. The first-order valence-electron chi connectivity index (χ1n) is 10.8. The van der Waals surface area contributed by atoms with Crippen LogP contribution in [0.5, 0.6) is 0 Å². The zero-order valence-corrected chi connectivity index (χ0v) is 19.8. The molecule has 7 nitrogen and oxygen atoms in total. The molecule has 0 saturated carbocycles. The molecule has 1 amide bonds. The number of hydrogen-bond donors (Lipinski definition) is 3. The van der Waals surface area contributed by atoms with Gasteiger partial charge in [0.15, 0.2) is 0 Å². The lowest BCUT2D eigenvalue weighted by Gasteiger charge is -2.32. The minimum atomic E-state index is -0.286. The number of pyridine rings is 1. The second-order valence-corrected chi connectivity index (χ2v) is 7.47. The summed E-state index contributed by atoms with van der Waals surface area (Å²) in [6.07, 6.45) is 2.74. The monoisotopic (exact) mass is 452 g/mol. The Morgan fingerprint density at radius 1 is 1.16 bits per heavy atom. The van der Waals surface area contributed by atoms with E-state index in [4.69, 9.17) is 23.7 Å². The minimum absolute atomic E-state index is 0.226. The first-order chi connectivity index (χ1) is 15.4. The third-order valence-electron chi connectivity index (χ3n) is 4.95. The van der Waals surface area contributed by atoms with Crippen molar-refractivity contribution in [2.75, 3.05) is 18.0 Å². The molecule has 5 N–H and O–H groups in total. The first kappa shape index (κ1) is 26.8. The smallest absolute Gasteiger partial charge is 0.221 e. The van der Waals surface area contributed by atoms with Crippen LogP contribution in [0.1, 0.15) is 55.9 Å². The van der Waals surface area contributed by atoms with Gasteiger partial charge in [-0.15, -0.1) is 0 Å². The number of carbonyl (C=O) groups is 1. The second kappa shape index (κ2) is 14.0. The topological polar surface area (TPSA) is 136 Å². The molecule has 0 aliphatic carbocycles. The van der Waals surface area contributed by atoms with Gasteiger partial charge >= 0.3 is 0 Å². The van der Waals surface area contributed by atoms with Gasteiger partial charge in [-0.25, -0.2) is 0 Å². The van der Waals surface area contributed by atoms with Crippen molar-refractivity contribution >= 4 is 23.9 Å². The number of anilines is 1. The SMILES string of the molecule is CC.CCc1c(C#N)c(N2CCC(N)CC2)[nH]c(=S)c1C#N.NC(=O)Cc1ccccc1. The van der Waals surface area contributed by atoms with E-state index in [0.717, 1.165) is 42.9 Å². The van der Waals surface area contributed by atoms with Crippen molar-refractivity contribution in [1.82, 2.24) is 4.98 Å². The van der Waals surface area contributed by atoms with Crippen LogP contribution in [0.3, 0.4) is 0 Å². The van der Waals surface area contributed by atoms with E-state index in [-0.39, 0.29) is 11.9 Å². The van der Waals surface area contributed by atoms with Crippen molar-refractivity contribution < 1.29 is 4.79 Å². The van der Waals surface area contributed by atoms with Crippen molar-refractivity contribution in [2.45, 2.75) is 52.5 Å². The first-order valence-corrected chi connectivity index (χ1v) is 11.2. The Balaban J connectivity index is 0.000000358. The molecule has 0 unspecified atom stereocenters. The molecule has 0 radical (unpaired) electrons. The Morgan fingerprint density at radius 2 is 1.72 bits per heavy atom. The van der Waals surface area contributed by atoms with Crippen LogP contribution < -0.4 is 16.4 Å². The lowest BCUT2D eigenvalue weighted by Crippen LogP contribution is -2.40. The third kappa shape index (κ3) is 7.49. The van der Waals surface area contributed by atoms with Gasteiger partial charge in [0.1, 0.15) is 22.6 Å². The average Bonchev–Trinajstić information content (AvgIpc) is 2.80. The molecule has 2 heterocycles. The van der Waals surface area contributed by atoms with Gasteiger partial charge in [-0.1, -0.05) is 63.3 Å². The number of piperidine rings is 1. The van der Waals surface area contributed by atoms with Crippen LogP contribution in [0.2, 0.25) is 0 Å².